The minimum atomic E-state index is -3.54. The Bertz CT molecular complexity index is 1100. The number of amides is 1. The molecular formula is C34H56NO6P. The van der Waals surface area contributed by atoms with Gasteiger partial charge in [-0.15, -0.1) is 0 Å². The summed E-state index contributed by atoms with van der Waals surface area (Å²) in [4.78, 5) is 21.7. The van der Waals surface area contributed by atoms with E-state index in [1.807, 2.05) is 0 Å². The third-order valence-corrected chi connectivity index (χ3v) is 12.1. The monoisotopic (exact) mass is 605 g/mol. The topological polar surface area (TPSA) is 105 Å². The third kappa shape index (κ3) is 7.62. The summed E-state index contributed by atoms with van der Waals surface area (Å²) < 4.78 is 21.8. The molecule has 9 unspecified atom stereocenters. The number of allylic oxidation sites excluding steroid dienone is 5. The van der Waals surface area contributed by atoms with E-state index in [1.54, 1.807) is 5.57 Å². The molecule has 7 nitrogen and oxygen atoms in total. The van der Waals surface area contributed by atoms with Gasteiger partial charge in [-0.05, 0) is 91.8 Å². The molecular weight excluding hydrogens is 549 g/mol. The van der Waals surface area contributed by atoms with Crippen molar-refractivity contribution in [1.29, 1.82) is 0 Å². The molecule has 3 saturated carbocycles. The molecule has 10 atom stereocenters. The Morgan fingerprint density at radius 2 is 1.88 bits per heavy atom. The molecule has 4 aliphatic rings. The Hall–Kier alpha value is -1.40. The normalized spacial score (nSPS) is 36.0. The van der Waals surface area contributed by atoms with E-state index in [0.29, 0.717) is 35.5 Å². The van der Waals surface area contributed by atoms with Crippen LogP contribution in [0.25, 0.3) is 0 Å². The highest BCUT2D eigenvalue weighted by atomic mass is 31.2. The highest BCUT2D eigenvalue weighted by Gasteiger charge is 2.57. The molecule has 0 aromatic carbocycles. The smallest absolute Gasteiger partial charge is 0.407 e. The van der Waals surface area contributed by atoms with Gasteiger partial charge in [0.2, 0.25) is 0 Å². The van der Waals surface area contributed by atoms with Gasteiger partial charge in [0.15, 0.2) is 0 Å². The van der Waals surface area contributed by atoms with Crippen molar-refractivity contribution >= 4 is 13.7 Å². The number of nitrogens with one attached hydrogen (secondary N) is 1. The number of ether oxygens (including phenoxy) is 1. The third-order valence-electron chi connectivity index (χ3n) is 11.4. The van der Waals surface area contributed by atoms with Crippen LogP contribution >= 0.6 is 7.60 Å². The van der Waals surface area contributed by atoms with Crippen molar-refractivity contribution in [2.24, 2.45) is 40.4 Å². The Balaban J connectivity index is 1.31. The van der Waals surface area contributed by atoms with Gasteiger partial charge in [0.25, 0.3) is 0 Å². The number of hydrogen-bond acceptors (Lipinski definition) is 5. The first-order chi connectivity index (χ1) is 19.8. The van der Waals surface area contributed by atoms with Crippen molar-refractivity contribution in [3.8, 4) is 0 Å². The Morgan fingerprint density at radius 3 is 2.60 bits per heavy atom. The van der Waals surface area contributed by atoms with Crippen molar-refractivity contribution in [3.05, 3.63) is 35.5 Å². The highest BCUT2D eigenvalue weighted by Crippen LogP contribution is 2.66. The maximum absolute atomic E-state index is 12.5. The molecule has 3 fully saturated rings. The molecule has 0 bridgehead atoms. The zero-order valence-corrected chi connectivity index (χ0v) is 27.7. The van der Waals surface area contributed by atoms with Crippen LogP contribution in [0.15, 0.2) is 35.5 Å². The molecule has 8 heteroatoms. The van der Waals surface area contributed by atoms with Crippen LogP contribution in [0.3, 0.4) is 0 Å². The summed E-state index contributed by atoms with van der Waals surface area (Å²) in [7, 11) is -3.54. The first kappa shape index (κ1) is 33.5. The van der Waals surface area contributed by atoms with Crippen LogP contribution in [0.4, 0.5) is 4.79 Å². The van der Waals surface area contributed by atoms with E-state index in [2.05, 4.69) is 64.2 Å². The molecule has 3 N–H and O–H groups in total. The van der Waals surface area contributed by atoms with E-state index < -0.39 is 19.8 Å². The summed E-state index contributed by atoms with van der Waals surface area (Å²) in [5, 5.41) is 12.8. The average molecular weight is 606 g/mol. The predicted molar refractivity (Wildman–Crippen MR) is 168 cm³/mol. The lowest BCUT2D eigenvalue weighted by molar-refractivity contribution is 0.0289. The fourth-order valence-corrected chi connectivity index (χ4v) is 9.09. The van der Waals surface area contributed by atoms with Gasteiger partial charge >= 0.3 is 13.7 Å². The van der Waals surface area contributed by atoms with Crippen LogP contribution < -0.4 is 5.32 Å². The Labute approximate surface area is 254 Å². The van der Waals surface area contributed by atoms with Gasteiger partial charge in [0.05, 0.1) is 12.7 Å². The molecule has 0 aromatic rings. The van der Waals surface area contributed by atoms with E-state index >= 15 is 0 Å². The van der Waals surface area contributed by atoms with Crippen LogP contribution in [0, 0.1) is 40.4 Å². The van der Waals surface area contributed by atoms with E-state index in [-0.39, 0.29) is 31.1 Å². The van der Waals surface area contributed by atoms with Crippen LogP contribution in [-0.2, 0) is 13.8 Å². The van der Waals surface area contributed by atoms with Crippen molar-refractivity contribution in [2.75, 3.05) is 19.8 Å². The predicted octanol–water partition coefficient (Wildman–Crippen LogP) is 7.79. The Kier molecular flexibility index (Phi) is 10.9. The number of alkyl carbamates (subject to hydrolysis) is 1. The lowest BCUT2D eigenvalue weighted by Gasteiger charge is -2.55. The highest BCUT2D eigenvalue weighted by molar-refractivity contribution is 7.51. The minimum Gasteiger partial charge on any atom is -0.446 e. The molecule has 0 saturated heterocycles. The SMILES string of the molecule is CCC(C)/C=C/C(C)C1CCC2C3=CC=C4C[C@H](OC(=O)NCCC(O)CCOP(C)(=O)O)CCC4(C)C3CCC21C. The van der Waals surface area contributed by atoms with E-state index in [1.165, 1.54) is 37.7 Å². The number of carbonyl (C=O) groups is 1. The van der Waals surface area contributed by atoms with Crippen molar-refractivity contribution < 1.29 is 28.6 Å². The Morgan fingerprint density at radius 1 is 1.12 bits per heavy atom. The lowest BCUT2D eigenvalue weighted by atomic mass is 9.50. The van der Waals surface area contributed by atoms with Crippen LogP contribution in [0.5, 0.6) is 0 Å². The summed E-state index contributed by atoms with van der Waals surface area (Å²) in [6.45, 7) is 13.5. The number of carbonyl (C=O) groups excluding carboxylic acids is 1. The van der Waals surface area contributed by atoms with Gasteiger partial charge < -0.3 is 24.6 Å². The first-order valence-electron chi connectivity index (χ1n) is 16.4. The van der Waals surface area contributed by atoms with Crippen LogP contribution in [0.2, 0.25) is 0 Å². The van der Waals surface area contributed by atoms with E-state index in [9.17, 15) is 14.5 Å². The summed E-state index contributed by atoms with van der Waals surface area (Å²) in [5.41, 5.74) is 3.64. The summed E-state index contributed by atoms with van der Waals surface area (Å²) >= 11 is 0. The number of hydrogen-bond donors (Lipinski definition) is 3. The maximum Gasteiger partial charge on any atom is 0.407 e. The molecule has 4 rings (SSSR count). The largest absolute Gasteiger partial charge is 0.446 e. The number of aliphatic hydroxyl groups excluding tert-OH is 1. The molecule has 0 aromatic heterocycles. The number of fused-ring (bicyclic) bond motifs is 5. The molecule has 0 heterocycles. The lowest BCUT2D eigenvalue weighted by Crippen LogP contribution is -2.47. The van der Waals surface area contributed by atoms with Gasteiger partial charge in [0.1, 0.15) is 6.10 Å². The molecule has 238 valence electrons. The number of rotatable bonds is 12. The summed E-state index contributed by atoms with van der Waals surface area (Å²) in [6, 6.07) is 0. The van der Waals surface area contributed by atoms with Gasteiger partial charge in [0, 0.05) is 19.6 Å². The van der Waals surface area contributed by atoms with Crippen molar-refractivity contribution in [3.63, 3.8) is 0 Å². The summed E-state index contributed by atoms with van der Waals surface area (Å²) in [5.74, 6) is 3.28. The molecule has 0 spiro atoms. The van der Waals surface area contributed by atoms with Gasteiger partial charge in [-0.2, -0.15) is 0 Å². The van der Waals surface area contributed by atoms with Crippen molar-refractivity contribution in [1.82, 2.24) is 5.32 Å². The molecule has 0 aliphatic heterocycles. The molecule has 42 heavy (non-hydrogen) atoms. The first-order valence-corrected chi connectivity index (χ1v) is 18.5. The standard InChI is InChI=1S/C34H56NO6P/c1-7-23(2)8-9-24(3)29-12-13-30-28-11-10-25-22-27(14-18-33(25,4)31(28)15-19-34(29,30)5)41-32(37)35-20-16-26(36)17-21-40-42(6,38)39/h8-11,23-24,26-27,29-31,36H,7,12-22H2,1-6H3,(H,35,37)(H,38,39)/b9-8+/t23?,24?,26?,27-,29?,30?,31?,33?,34?/m1/s1. The maximum atomic E-state index is 12.5. The van der Waals surface area contributed by atoms with E-state index in [4.69, 9.17) is 14.2 Å². The quantitative estimate of drug-likeness (QED) is 0.155. The fraction of sp³-hybridized carbons (Fsp3) is 0.794. The second-order valence-electron chi connectivity index (χ2n) is 14.3. The average Bonchev–Trinajstić information content (AvgIpc) is 3.28. The molecule has 1 amide bonds. The molecule has 0 radical (unpaired) electrons. The van der Waals surface area contributed by atoms with Gasteiger partial charge in [-0.25, -0.2) is 4.79 Å². The van der Waals surface area contributed by atoms with Gasteiger partial charge in [-0.3, -0.25) is 4.57 Å². The molecule has 4 aliphatic carbocycles. The van der Waals surface area contributed by atoms with Crippen molar-refractivity contribution in [2.45, 2.75) is 111 Å². The van der Waals surface area contributed by atoms with Crippen LogP contribution in [-0.4, -0.2) is 48.1 Å². The van der Waals surface area contributed by atoms with Crippen LogP contribution in [0.1, 0.15) is 98.8 Å². The fourth-order valence-electron chi connectivity index (χ4n) is 8.65. The minimum absolute atomic E-state index is 0.00157. The summed E-state index contributed by atoms with van der Waals surface area (Å²) in [6.07, 6.45) is 18.1. The second kappa shape index (κ2) is 13.7. The second-order valence-corrected chi connectivity index (χ2v) is 16.2. The van der Waals surface area contributed by atoms with Gasteiger partial charge in [-0.1, -0.05) is 76.5 Å². The van der Waals surface area contributed by atoms with E-state index in [0.717, 1.165) is 31.8 Å². The zero-order valence-electron chi connectivity index (χ0n) is 26.8. The number of aliphatic hydroxyl groups is 1. The zero-order chi connectivity index (χ0) is 30.7.